The molecule has 0 radical (unpaired) electrons. The van der Waals surface area contributed by atoms with E-state index in [2.05, 4.69) is 26.3 Å². The van der Waals surface area contributed by atoms with E-state index in [1.165, 1.54) is 29.1 Å². The molecule has 1 aromatic heterocycles. The number of hydrogen-bond donors (Lipinski definition) is 4. The molecule has 3 heterocycles. The molecule has 2 aromatic carbocycles. The summed E-state index contributed by atoms with van der Waals surface area (Å²) in [5.41, 5.74) is 6.84. The number of nitrogens with two attached hydrogens (primary N) is 1. The van der Waals surface area contributed by atoms with Crippen molar-refractivity contribution in [3.8, 4) is 0 Å². The smallest absolute Gasteiger partial charge is 0.277 e. The zero-order valence-corrected chi connectivity index (χ0v) is 21.6. The number of ether oxygens (including phenoxy) is 1. The van der Waals surface area contributed by atoms with Crippen molar-refractivity contribution in [2.75, 3.05) is 36.1 Å². The summed E-state index contributed by atoms with van der Waals surface area (Å²) in [5, 5.41) is 15.5. The number of fused-ring (bicyclic) bond motifs is 1. The molecule has 1 saturated heterocycles. The van der Waals surface area contributed by atoms with E-state index in [0.29, 0.717) is 18.8 Å². The quantitative estimate of drug-likeness (QED) is 0.155. The Morgan fingerprint density at radius 3 is 2.73 bits per heavy atom. The number of hydrogen-bond acceptors (Lipinski definition) is 10. The lowest BCUT2D eigenvalue weighted by Gasteiger charge is -2.27. The summed E-state index contributed by atoms with van der Waals surface area (Å²) in [7, 11) is 0. The van der Waals surface area contributed by atoms with Gasteiger partial charge >= 0.3 is 0 Å². The van der Waals surface area contributed by atoms with Crippen molar-refractivity contribution in [2.45, 2.75) is 25.4 Å². The van der Waals surface area contributed by atoms with Gasteiger partial charge < -0.3 is 21.1 Å². The Morgan fingerprint density at radius 1 is 1.12 bits per heavy atom. The highest BCUT2D eigenvalue weighted by Crippen LogP contribution is 2.32. The first-order valence-corrected chi connectivity index (χ1v) is 12.7. The lowest BCUT2D eigenvalue weighted by atomic mass is 10.0. The number of benzene rings is 2. The number of rotatable bonds is 10. The van der Waals surface area contributed by atoms with Crippen molar-refractivity contribution in [1.82, 2.24) is 25.2 Å². The molecule has 5 N–H and O–H groups in total. The lowest BCUT2D eigenvalue weighted by molar-refractivity contribution is -0.136. The van der Waals surface area contributed by atoms with Crippen LogP contribution >= 0.6 is 0 Å². The molecule has 3 aromatic rings. The topological polar surface area (TPSA) is 191 Å². The molecule has 0 bridgehead atoms. The number of nitrogens with one attached hydrogen (secondary N) is 3. The van der Waals surface area contributed by atoms with Crippen LogP contribution in [0, 0.1) is 5.82 Å². The number of aromatic nitrogens is 3. The Kier molecular flexibility index (Phi) is 7.69. The molecule has 41 heavy (non-hydrogen) atoms. The molecule has 2 aliphatic heterocycles. The molecule has 5 amide bonds. The fourth-order valence-corrected chi connectivity index (χ4v) is 4.53. The van der Waals surface area contributed by atoms with Gasteiger partial charge in [-0.25, -0.2) is 9.07 Å². The van der Waals surface area contributed by atoms with Crippen LogP contribution in [0.15, 0.2) is 42.6 Å². The van der Waals surface area contributed by atoms with E-state index in [9.17, 15) is 28.4 Å². The number of imide groups is 2. The highest BCUT2D eigenvalue weighted by Gasteiger charge is 2.45. The molecule has 1 unspecified atom stereocenters. The number of piperidine rings is 1. The zero-order valence-electron chi connectivity index (χ0n) is 21.6. The van der Waals surface area contributed by atoms with Gasteiger partial charge in [0.25, 0.3) is 17.7 Å². The Bertz CT molecular complexity index is 1560. The van der Waals surface area contributed by atoms with Gasteiger partial charge in [-0.3, -0.25) is 34.2 Å². The van der Waals surface area contributed by atoms with Gasteiger partial charge in [-0.15, -0.1) is 5.10 Å². The van der Waals surface area contributed by atoms with Crippen molar-refractivity contribution in [1.29, 1.82) is 0 Å². The molecule has 2 aliphatic rings. The number of carbonyl (C=O) groups is 5. The minimum absolute atomic E-state index is 0.0406. The second kappa shape index (κ2) is 11.5. The van der Waals surface area contributed by atoms with Crippen LogP contribution in [0.3, 0.4) is 0 Å². The van der Waals surface area contributed by atoms with Crippen molar-refractivity contribution >= 4 is 46.6 Å². The van der Waals surface area contributed by atoms with Gasteiger partial charge in [0.15, 0.2) is 5.69 Å². The minimum atomic E-state index is -1.04. The Balaban J connectivity index is 1.09. The number of nitrogens with zero attached hydrogens (tertiary/aromatic N) is 4. The van der Waals surface area contributed by atoms with E-state index in [-0.39, 0.29) is 54.3 Å². The molecule has 0 saturated carbocycles. The lowest BCUT2D eigenvalue weighted by Crippen LogP contribution is -2.54. The predicted molar refractivity (Wildman–Crippen MR) is 141 cm³/mol. The first-order chi connectivity index (χ1) is 19.7. The third-order valence-corrected chi connectivity index (χ3v) is 6.53. The third kappa shape index (κ3) is 5.74. The predicted octanol–water partition coefficient (Wildman–Crippen LogP) is 0.782. The Morgan fingerprint density at radius 2 is 1.95 bits per heavy atom. The molecular weight excluding hydrogens is 539 g/mol. The van der Waals surface area contributed by atoms with E-state index in [1.807, 2.05) is 0 Å². The normalized spacial score (nSPS) is 16.5. The molecular formula is C26H25FN8O6. The maximum absolute atomic E-state index is 13.2. The van der Waals surface area contributed by atoms with Gasteiger partial charge in [-0.1, -0.05) is 11.3 Å². The summed E-state index contributed by atoms with van der Waals surface area (Å²) in [5.74, 6) is -3.37. The van der Waals surface area contributed by atoms with E-state index in [0.717, 1.165) is 11.0 Å². The van der Waals surface area contributed by atoms with Crippen molar-refractivity contribution in [2.24, 2.45) is 0 Å². The van der Waals surface area contributed by atoms with E-state index >= 15 is 0 Å². The largest absolute Gasteiger partial charge is 0.397 e. The van der Waals surface area contributed by atoms with Crippen LogP contribution in [0.5, 0.6) is 0 Å². The summed E-state index contributed by atoms with van der Waals surface area (Å²) >= 11 is 0. The molecule has 212 valence electrons. The number of anilines is 3. The monoisotopic (exact) mass is 564 g/mol. The fourth-order valence-electron chi connectivity index (χ4n) is 4.53. The summed E-state index contributed by atoms with van der Waals surface area (Å²) in [4.78, 5) is 63.1. The number of carbonyl (C=O) groups excluding carboxylic acids is 5. The van der Waals surface area contributed by atoms with Gasteiger partial charge in [0.1, 0.15) is 11.9 Å². The van der Waals surface area contributed by atoms with Gasteiger partial charge in [0.2, 0.25) is 11.8 Å². The van der Waals surface area contributed by atoms with Crippen molar-refractivity contribution in [3.05, 3.63) is 65.2 Å². The molecule has 1 fully saturated rings. The van der Waals surface area contributed by atoms with Crippen LogP contribution in [-0.2, 0) is 20.9 Å². The SMILES string of the molecule is Nc1cc(F)ccc1NC(=O)c1cn(CCOCCNc2cccc3c2C(=O)N(C2CCC(=O)NC2=O)C3=O)nn1. The van der Waals surface area contributed by atoms with Crippen LogP contribution in [0.1, 0.15) is 44.0 Å². The fraction of sp³-hybridized carbons (Fsp3) is 0.269. The van der Waals surface area contributed by atoms with Crippen molar-refractivity contribution in [3.63, 3.8) is 0 Å². The maximum atomic E-state index is 13.2. The van der Waals surface area contributed by atoms with E-state index in [1.54, 1.807) is 12.1 Å². The molecule has 15 heteroatoms. The third-order valence-electron chi connectivity index (χ3n) is 6.53. The standard InChI is InChI=1S/C26H25FN8O6/c27-14-4-5-17(16(28)12-14)30-23(37)19-13-34(33-32-19)9-11-41-10-8-29-18-3-1-2-15-22(18)26(40)35(25(15)39)20-6-7-21(36)31-24(20)38/h1-5,12-13,20,29H,6-11,28H2,(H,30,37)(H,31,36,38). The summed E-state index contributed by atoms with van der Waals surface area (Å²) in [6, 6.07) is 7.38. The maximum Gasteiger partial charge on any atom is 0.277 e. The Labute approximate surface area is 232 Å². The summed E-state index contributed by atoms with van der Waals surface area (Å²) in [6.45, 7) is 1.09. The van der Waals surface area contributed by atoms with Crippen LogP contribution in [-0.4, -0.2) is 75.2 Å². The van der Waals surface area contributed by atoms with Gasteiger partial charge in [0.05, 0.1) is 48.5 Å². The van der Waals surface area contributed by atoms with Crippen LogP contribution in [0.4, 0.5) is 21.5 Å². The first-order valence-electron chi connectivity index (χ1n) is 12.7. The number of halogens is 1. The van der Waals surface area contributed by atoms with E-state index in [4.69, 9.17) is 10.5 Å². The molecule has 14 nitrogen and oxygen atoms in total. The van der Waals surface area contributed by atoms with Crippen LogP contribution in [0.25, 0.3) is 0 Å². The molecule has 0 spiro atoms. The molecule has 1 atom stereocenters. The highest BCUT2D eigenvalue weighted by atomic mass is 19.1. The van der Waals surface area contributed by atoms with Gasteiger partial charge in [-0.2, -0.15) is 0 Å². The number of amides is 5. The second-order valence-electron chi connectivity index (χ2n) is 9.27. The highest BCUT2D eigenvalue weighted by molar-refractivity contribution is 6.25. The summed E-state index contributed by atoms with van der Waals surface area (Å²) < 4.78 is 20.2. The number of nitrogen functional groups attached to an aromatic ring is 1. The zero-order chi connectivity index (χ0) is 29.1. The first kappa shape index (κ1) is 27.4. The Hall–Kier alpha value is -5.18. The average Bonchev–Trinajstić information content (AvgIpc) is 3.51. The van der Waals surface area contributed by atoms with Crippen LogP contribution in [0.2, 0.25) is 0 Å². The minimum Gasteiger partial charge on any atom is -0.397 e. The van der Waals surface area contributed by atoms with E-state index < -0.39 is 41.4 Å². The molecule has 0 aliphatic carbocycles. The second-order valence-corrected chi connectivity index (χ2v) is 9.27. The van der Waals surface area contributed by atoms with Crippen LogP contribution < -0.4 is 21.7 Å². The van der Waals surface area contributed by atoms with Crippen molar-refractivity contribution < 1.29 is 33.1 Å². The molecule has 5 rings (SSSR count). The summed E-state index contributed by atoms with van der Waals surface area (Å²) in [6.07, 6.45) is 1.55. The van der Waals surface area contributed by atoms with Gasteiger partial charge in [0, 0.05) is 18.7 Å². The van der Waals surface area contributed by atoms with Gasteiger partial charge in [-0.05, 0) is 36.8 Å². The average molecular weight is 565 g/mol.